The molecule has 1 aromatic heterocycles. The Morgan fingerprint density at radius 3 is 2.32 bits per heavy atom. The zero-order chi connectivity index (χ0) is 21.1. The zero-order valence-electron chi connectivity index (χ0n) is 17.4. The lowest BCUT2D eigenvalue weighted by Gasteiger charge is -2.46. The largest absolute Gasteiger partial charge is 0.469 e. The van der Waals surface area contributed by atoms with Crippen LogP contribution in [0.15, 0.2) is 22.8 Å². The predicted molar refractivity (Wildman–Crippen MR) is 102 cm³/mol. The van der Waals surface area contributed by atoms with Crippen molar-refractivity contribution in [3.8, 4) is 0 Å². The lowest BCUT2D eigenvalue weighted by atomic mass is 9.90. The lowest BCUT2D eigenvalue weighted by Crippen LogP contribution is -2.71. The molecule has 0 aliphatic carbocycles. The number of β-lactam (4-membered cyclic amide) rings is 1. The van der Waals surface area contributed by atoms with E-state index in [4.69, 9.17) is 13.9 Å². The highest BCUT2D eigenvalue weighted by Gasteiger charge is 2.49. The number of esters is 1. The van der Waals surface area contributed by atoms with Crippen LogP contribution in [-0.4, -0.2) is 52.7 Å². The molecule has 8 nitrogen and oxygen atoms in total. The van der Waals surface area contributed by atoms with Crippen LogP contribution < -0.4 is 5.32 Å². The number of rotatable bonds is 6. The minimum atomic E-state index is -0.743. The molecule has 0 saturated carbocycles. The highest BCUT2D eigenvalue weighted by molar-refractivity contribution is 5.94. The van der Waals surface area contributed by atoms with Gasteiger partial charge in [-0.3, -0.25) is 9.59 Å². The average Bonchev–Trinajstić information content (AvgIpc) is 3.02. The van der Waals surface area contributed by atoms with Gasteiger partial charge in [0.15, 0.2) is 0 Å². The quantitative estimate of drug-likeness (QED) is 0.588. The normalized spacial score (nSPS) is 19.8. The molecule has 0 radical (unpaired) electrons. The van der Waals surface area contributed by atoms with E-state index < -0.39 is 29.3 Å². The number of carbonyl (C=O) groups excluding carboxylic acids is 3. The Balaban J connectivity index is 2.03. The van der Waals surface area contributed by atoms with Crippen molar-refractivity contribution in [1.29, 1.82) is 0 Å². The fraction of sp³-hybridized carbons (Fsp3) is 0.650. The molecule has 28 heavy (non-hydrogen) atoms. The Hall–Kier alpha value is -2.51. The summed E-state index contributed by atoms with van der Waals surface area (Å²) in [5.41, 5.74) is -1.31. The number of likely N-dealkylation sites (tertiary alicyclic amines) is 1. The molecule has 156 valence electrons. The molecule has 8 heteroatoms. The van der Waals surface area contributed by atoms with Crippen LogP contribution in [0.1, 0.15) is 53.7 Å². The molecule has 2 atom stereocenters. The van der Waals surface area contributed by atoms with E-state index >= 15 is 0 Å². The van der Waals surface area contributed by atoms with Gasteiger partial charge in [0.25, 0.3) is 0 Å². The summed E-state index contributed by atoms with van der Waals surface area (Å²) in [6.07, 6.45) is 2.02. The van der Waals surface area contributed by atoms with Crippen molar-refractivity contribution in [2.75, 3.05) is 6.54 Å². The summed E-state index contributed by atoms with van der Waals surface area (Å²) in [6.45, 7) is 10.4. The van der Waals surface area contributed by atoms with E-state index in [1.807, 2.05) is 6.07 Å². The molecule has 1 fully saturated rings. The number of furan rings is 1. The molecule has 0 aromatic carbocycles. The van der Waals surface area contributed by atoms with Gasteiger partial charge in [0.2, 0.25) is 5.91 Å². The third kappa shape index (κ3) is 6.28. The van der Waals surface area contributed by atoms with Crippen molar-refractivity contribution in [2.24, 2.45) is 0 Å². The number of hydrogen-bond acceptors (Lipinski definition) is 6. The zero-order valence-corrected chi connectivity index (χ0v) is 17.4. The van der Waals surface area contributed by atoms with Crippen molar-refractivity contribution < 1.29 is 28.3 Å². The van der Waals surface area contributed by atoms with Gasteiger partial charge in [-0.15, -0.1) is 0 Å². The summed E-state index contributed by atoms with van der Waals surface area (Å²) >= 11 is 0. The Kier molecular flexibility index (Phi) is 6.41. The molecular weight excluding hydrogens is 364 g/mol. The smallest absolute Gasteiger partial charge is 0.408 e. The monoisotopic (exact) mass is 394 g/mol. The first-order chi connectivity index (χ1) is 12.9. The molecule has 2 unspecified atom stereocenters. The first-order valence-electron chi connectivity index (χ1n) is 9.40. The second kappa shape index (κ2) is 8.24. The van der Waals surface area contributed by atoms with Gasteiger partial charge < -0.3 is 24.1 Å². The molecule has 1 aliphatic rings. The van der Waals surface area contributed by atoms with Gasteiger partial charge in [-0.2, -0.15) is 0 Å². The van der Waals surface area contributed by atoms with Crippen LogP contribution in [0.5, 0.6) is 0 Å². The van der Waals surface area contributed by atoms with Gasteiger partial charge >= 0.3 is 12.1 Å². The van der Waals surface area contributed by atoms with Crippen molar-refractivity contribution in [3.05, 3.63) is 24.2 Å². The molecule has 1 aliphatic heterocycles. The third-order valence-electron chi connectivity index (χ3n) is 3.99. The van der Waals surface area contributed by atoms with Gasteiger partial charge in [-0.25, -0.2) is 4.79 Å². The number of nitrogens with one attached hydrogen (secondary N) is 1. The van der Waals surface area contributed by atoms with E-state index in [2.05, 4.69) is 5.32 Å². The van der Waals surface area contributed by atoms with Crippen molar-refractivity contribution in [3.63, 3.8) is 0 Å². The van der Waals surface area contributed by atoms with Crippen molar-refractivity contribution in [1.82, 2.24) is 10.2 Å². The molecule has 2 amide bonds. The van der Waals surface area contributed by atoms with Crippen LogP contribution in [-0.2, 0) is 25.5 Å². The summed E-state index contributed by atoms with van der Waals surface area (Å²) < 4.78 is 15.9. The Labute approximate surface area is 165 Å². The minimum absolute atomic E-state index is 0.161. The summed E-state index contributed by atoms with van der Waals surface area (Å²) in [6, 6.07) is 2.54. The van der Waals surface area contributed by atoms with Gasteiger partial charge in [0.05, 0.1) is 12.3 Å². The first kappa shape index (κ1) is 21.8. The average molecular weight is 394 g/mol. The van der Waals surface area contributed by atoms with Crippen LogP contribution in [0, 0.1) is 0 Å². The highest BCUT2D eigenvalue weighted by Crippen LogP contribution is 2.26. The number of ether oxygens (including phenoxy) is 2. The molecule has 2 rings (SSSR count). The maximum absolute atomic E-state index is 12.6. The Morgan fingerprint density at radius 2 is 1.79 bits per heavy atom. The molecule has 0 bridgehead atoms. The predicted octanol–water partition coefficient (Wildman–Crippen LogP) is 2.66. The van der Waals surface area contributed by atoms with Crippen LogP contribution >= 0.6 is 0 Å². The second-order valence-electron chi connectivity index (χ2n) is 8.86. The van der Waals surface area contributed by atoms with Gasteiger partial charge in [0.1, 0.15) is 29.5 Å². The molecule has 0 spiro atoms. The summed E-state index contributed by atoms with van der Waals surface area (Å²) in [5.74, 6) is -0.0479. The number of hydrogen-bond donors (Lipinski definition) is 1. The van der Waals surface area contributed by atoms with Crippen molar-refractivity contribution >= 4 is 18.0 Å². The van der Waals surface area contributed by atoms with E-state index in [0.29, 0.717) is 12.8 Å². The minimum Gasteiger partial charge on any atom is -0.469 e. The van der Waals surface area contributed by atoms with Crippen LogP contribution in [0.25, 0.3) is 0 Å². The van der Waals surface area contributed by atoms with Crippen molar-refractivity contribution in [2.45, 2.75) is 77.7 Å². The third-order valence-corrected chi connectivity index (χ3v) is 3.99. The number of carbonyl (C=O) groups is 3. The second-order valence-corrected chi connectivity index (χ2v) is 8.86. The number of nitrogens with zero attached hydrogens (tertiary/aromatic N) is 1. The van der Waals surface area contributed by atoms with E-state index in [-0.39, 0.29) is 18.5 Å². The fourth-order valence-corrected chi connectivity index (χ4v) is 2.97. The molecule has 1 N–H and O–H groups in total. The van der Waals surface area contributed by atoms with E-state index in [1.165, 1.54) is 4.90 Å². The summed E-state index contributed by atoms with van der Waals surface area (Å²) in [5, 5.41) is 2.62. The molecule has 2 heterocycles. The van der Waals surface area contributed by atoms with E-state index in [9.17, 15) is 14.4 Å². The lowest BCUT2D eigenvalue weighted by molar-refractivity contribution is -0.167. The molecular formula is C20H30N2O6. The maximum atomic E-state index is 12.6. The van der Waals surface area contributed by atoms with Gasteiger partial charge in [-0.1, -0.05) is 0 Å². The number of amides is 2. The number of alkyl carbamates (subject to hydrolysis) is 1. The van der Waals surface area contributed by atoms with Crippen LogP contribution in [0.3, 0.4) is 0 Å². The first-order valence-corrected chi connectivity index (χ1v) is 9.40. The summed E-state index contributed by atoms with van der Waals surface area (Å²) in [7, 11) is 0. The highest BCUT2D eigenvalue weighted by atomic mass is 16.6. The SMILES string of the molecule is CC(C)(C)OC(=O)CN1C(=O)C(NC(=O)OC(C)(C)C)C1CCc1ccco1. The number of aryl methyl sites for hydroxylation is 1. The standard InChI is InChI=1S/C20H30N2O6/c1-19(2,3)27-15(23)12-22-14(10-9-13-8-7-11-26-13)16(17(22)24)21-18(25)28-20(4,5)6/h7-8,11,14,16H,9-10,12H2,1-6H3,(H,21,25). The van der Waals surface area contributed by atoms with Gasteiger partial charge in [0, 0.05) is 6.42 Å². The van der Waals surface area contributed by atoms with Gasteiger partial charge in [-0.05, 0) is 60.1 Å². The van der Waals surface area contributed by atoms with Crippen LogP contribution in [0.4, 0.5) is 4.79 Å². The molecule has 1 saturated heterocycles. The van der Waals surface area contributed by atoms with E-state index in [1.54, 1.807) is 53.9 Å². The maximum Gasteiger partial charge on any atom is 0.408 e. The fourth-order valence-electron chi connectivity index (χ4n) is 2.97. The Morgan fingerprint density at radius 1 is 1.14 bits per heavy atom. The topological polar surface area (TPSA) is 98.1 Å². The Bertz CT molecular complexity index is 659. The summed E-state index contributed by atoms with van der Waals surface area (Å²) in [4.78, 5) is 38.2. The van der Waals surface area contributed by atoms with E-state index in [0.717, 1.165) is 5.76 Å². The van der Waals surface area contributed by atoms with Crippen LogP contribution in [0.2, 0.25) is 0 Å². The molecule has 1 aromatic rings.